The third-order valence-corrected chi connectivity index (χ3v) is 4.99. The Kier molecular flexibility index (Phi) is 4.87. The van der Waals surface area contributed by atoms with Crippen molar-refractivity contribution in [1.82, 2.24) is 19.9 Å². The maximum atomic E-state index is 12.7. The maximum Gasteiger partial charge on any atom is 0.278 e. The van der Waals surface area contributed by atoms with Gasteiger partial charge in [-0.3, -0.25) is 14.2 Å². The molecular weight excluding hydrogens is 424 g/mol. The molecule has 2 aromatic heterocycles. The van der Waals surface area contributed by atoms with E-state index in [9.17, 15) is 9.59 Å². The fourth-order valence-electron chi connectivity index (χ4n) is 3.03. The van der Waals surface area contributed by atoms with Gasteiger partial charge in [-0.05, 0) is 35.9 Å². The van der Waals surface area contributed by atoms with Crippen LogP contribution in [0.25, 0.3) is 21.9 Å². The largest absolute Gasteiger partial charge is 0.497 e. The van der Waals surface area contributed by atoms with Gasteiger partial charge in [0.2, 0.25) is 5.91 Å². The quantitative estimate of drug-likeness (QED) is 0.499. The number of H-pyrrole nitrogens is 1. The Bertz CT molecular complexity index is 1230. The van der Waals surface area contributed by atoms with Crippen molar-refractivity contribution in [2.75, 3.05) is 7.11 Å². The highest BCUT2D eigenvalue weighted by Crippen LogP contribution is 2.24. The first-order valence-corrected chi connectivity index (χ1v) is 9.40. The highest BCUT2D eigenvalue weighted by atomic mass is 79.9. The Balaban J connectivity index is 1.52. The van der Waals surface area contributed by atoms with Crippen LogP contribution >= 0.6 is 15.9 Å². The number of halogens is 1. The van der Waals surface area contributed by atoms with Crippen LogP contribution in [0.4, 0.5) is 0 Å². The first kappa shape index (κ1) is 18.2. The lowest BCUT2D eigenvalue weighted by Crippen LogP contribution is -2.32. The van der Waals surface area contributed by atoms with Crippen LogP contribution in [0, 0.1) is 0 Å². The normalized spacial score (nSPS) is 11.1. The predicted octanol–water partition coefficient (Wildman–Crippen LogP) is 2.97. The van der Waals surface area contributed by atoms with Gasteiger partial charge in [0, 0.05) is 21.9 Å². The second-order valence-corrected chi connectivity index (χ2v) is 7.26. The van der Waals surface area contributed by atoms with E-state index in [1.54, 1.807) is 7.11 Å². The first-order chi connectivity index (χ1) is 13.5. The van der Waals surface area contributed by atoms with Crippen molar-refractivity contribution in [3.8, 4) is 5.75 Å². The van der Waals surface area contributed by atoms with Gasteiger partial charge in [0.25, 0.3) is 5.56 Å². The molecule has 0 atom stereocenters. The van der Waals surface area contributed by atoms with E-state index < -0.39 is 0 Å². The Morgan fingerprint density at radius 2 is 2.04 bits per heavy atom. The predicted molar refractivity (Wildman–Crippen MR) is 110 cm³/mol. The van der Waals surface area contributed by atoms with Gasteiger partial charge < -0.3 is 15.0 Å². The fraction of sp³-hybridized carbons (Fsp3) is 0.150. The summed E-state index contributed by atoms with van der Waals surface area (Å²) in [5, 5.41) is 3.67. The summed E-state index contributed by atoms with van der Waals surface area (Å²) in [5.74, 6) is 0.490. The topological polar surface area (TPSA) is 89.0 Å². The summed E-state index contributed by atoms with van der Waals surface area (Å²) < 4.78 is 7.32. The molecule has 7 nitrogen and oxygen atoms in total. The maximum absolute atomic E-state index is 12.7. The van der Waals surface area contributed by atoms with Gasteiger partial charge in [-0.15, -0.1) is 0 Å². The molecule has 0 aliphatic carbocycles. The van der Waals surface area contributed by atoms with E-state index in [0.717, 1.165) is 26.7 Å². The molecule has 0 bridgehead atoms. The van der Waals surface area contributed by atoms with Crippen LogP contribution in [-0.2, 0) is 17.9 Å². The van der Waals surface area contributed by atoms with Gasteiger partial charge in [-0.2, -0.15) is 0 Å². The van der Waals surface area contributed by atoms with Gasteiger partial charge in [0.1, 0.15) is 23.3 Å². The van der Waals surface area contributed by atoms with Crippen molar-refractivity contribution in [2.45, 2.75) is 13.1 Å². The summed E-state index contributed by atoms with van der Waals surface area (Å²) in [5.41, 5.74) is 2.47. The van der Waals surface area contributed by atoms with Crippen LogP contribution in [0.3, 0.4) is 0 Å². The van der Waals surface area contributed by atoms with Gasteiger partial charge in [0.15, 0.2) is 0 Å². The Labute approximate surface area is 168 Å². The average molecular weight is 441 g/mol. The van der Waals surface area contributed by atoms with E-state index >= 15 is 0 Å². The van der Waals surface area contributed by atoms with Gasteiger partial charge in [-0.25, -0.2) is 4.98 Å². The number of methoxy groups -OCH3 is 1. The van der Waals surface area contributed by atoms with Crippen molar-refractivity contribution in [1.29, 1.82) is 0 Å². The van der Waals surface area contributed by atoms with Crippen LogP contribution in [0.2, 0.25) is 0 Å². The van der Waals surface area contributed by atoms with Crippen molar-refractivity contribution in [3.63, 3.8) is 0 Å². The molecule has 0 aliphatic rings. The molecule has 0 saturated heterocycles. The summed E-state index contributed by atoms with van der Waals surface area (Å²) >= 11 is 3.43. The minimum absolute atomic E-state index is 0.100. The minimum Gasteiger partial charge on any atom is -0.497 e. The van der Waals surface area contributed by atoms with E-state index in [4.69, 9.17) is 4.74 Å². The summed E-state index contributed by atoms with van der Waals surface area (Å²) in [6.07, 6.45) is 1.41. The molecule has 0 fully saturated rings. The molecule has 1 amide bonds. The molecule has 0 aliphatic heterocycles. The zero-order valence-electron chi connectivity index (χ0n) is 15.0. The van der Waals surface area contributed by atoms with E-state index in [-0.39, 0.29) is 18.0 Å². The van der Waals surface area contributed by atoms with Gasteiger partial charge in [-0.1, -0.05) is 28.1 Å². The van der Waals surface area contributed by atoms with Crippen molar-refractivity contribution in [2.24, 2.45) is 0 Å². The Morgan fingerprint density at radius 1 is 1.25 bits per heavy atom. The average Bonchev–Trinajstić information content (AvgIpc) is 3.07. The highest BCUT2D eigenvalue weighted by Gasteiger charge is 2.13. The van der Waals surface area contributed by atoms with Crippen LogP contribution < -0.4 is 15.6 Å². The number of fused-ring (bicyclic) bond motifs is 3. The van der Waals surface area contributed by atoms with E-state index in [0.29, 0.717) is 17.6 Å². The lowest BCUT2D eigenvalue weighted by molar-refractivity contribution is -0.121. The third-order valence-electron chi connectivity index (χ3n) is 4.50. The number of nitrogens with zero attached hydrogens (tertiary/aromatic N) is 2. The highest BCUT2D eigenvalue weighted by molar-refractivity contribution is 9.10. The zero-order valence-corrected chi connectivity index (χ0v) is 16.6. The molecular formula is C20H17BrN4O3. The van der Waals surface area contributed by atoms with Gasteiger partial charge >= 0.3 is 0 Å². The minimum atomic E-state index is -0.281. The molecule has 0 unspecified atom stereocenters. The van der Waals surface area contributed by atoms with E-state index in [1.165, 1.54) is 10.9 Å². The summed E-state index contributed by atoms with van der Waals surface area (Å²) in [4.78, 5) is 32.5. The number of ether oxygens (including phenoxy) is 1. The molecule has 4 aromatic rings. The molecule has 0 spiro atoms. The SMILES string of the molecule is COc1ccc(CNC(=O)Cn2cnc3c([nH]c4ccc(Br)cc43)c2=O)cc1. The van der Waals surface area contributed by atoms with Crippen LogP contribution in [-0.4, -0.2) is 27.6 Å². The second kappa shape index (κ2) is 7.47. The molecule has 28 heavy (non-hydrogen) atoms. The number of nitrogens with one attached hydrogen (secondary N) is 2. The van der Waals surface area contributed by atoms with Crippen molar-refractivity contribution >= 4 is 43.8 Å². The van der Waals surface area contributed by atoms with Crippen LogP contribution in [0.5, 0.6) is 5.75 Å². The zero-order chi connectivity index (χ0) is 19.7. The molecule has 2 aromatic carbocycles. The third kappa shape index (κ3) is 3.50. The van der Waals surface area contributed by atoms with Crippen LogP contribution in [0.1, 0.15) is 5.56 Å². The fourth-order valence-corrected chi connectivity index (χ4v) is 3.39. The number of aromatic nitrogens is 3. The number of benzene rings is 2. The summed E-state index contributed by atoms with van der Waals surface area (Å²) in [7, 11) is 1.60. The molecule has 142 valence electrons. The number of carbonyl (C=O) groups excluding carboxylic acids is 1. The molecule has 2 N–H and O–H groups in total. The summed E-state index contributed by atoms with van der Waals surface area (Å²) in [6, 6.07) is 13.1. The number of hydrogen-bond donors (Lipinski definition) is 2. The Morgan fingerprint density at radius 3 is 2.79 bits per heavy atom. The lowest BCUT2D eigenvalue weighted by atomic mass is 10.2. The number of rotatable bonds is 5. The molecule has 2 heterocycles. The first-order valence-electron chi connectivity index (χ1n) is 8.61. The smallest absolute Gasteiger partial charge is 0.278 e. The number of aromatic amines is 1. The van der Waals surface area contributed by atoms with Crippen LogP contribution in [0.15, 0.2) is 58.1 Å². The summed E-state index contributed by atoms with van der Waals surface area (Å²) in [6.45, 7) is 0.269. The number of carbonyl (C=O) groups is 1. The second-order valence-electron chi connectivity index (χ2n) is 6.34. The monoisotopic (exact) mass is 440 g/mol. The molecule has 0 radical (unpaired) electrons. The lowest BCUT2D eigenvalue weighted by Gasteiger charge is -2.08. The molecule has 0 saturated carbocycles. The van der Waals surface area contributed by atoms with E-state index in [2.05, 4.69) is 31.2 Å². The number of amides is 1. The Hall–Kier alpha value is -3.13. The standard InChI is InChI=1S/C20H17BrN4O3/c1-28-14-5-2-12(3-6-14)9-22-17(26)10-25-11-23-18-15-8-13(21)4-7-16(15)24-19(18)20(25)27/h2-8,11,24H,9-10H2,1H3,(H,22,26). The van der Waals surface area contributed by atoms with Crippen molar-refractivity contribution < 1.29 is 9.53 Å². The van der Waals surface area contributed by atoms with Gasteiger partial charge in [0.05, 0.1) is 13.4 Å². The molecule has 4 rings (SSSR count). The van der Waals surface area contributed by atoms with Crippen molar-refractivity contribution in [3.05, 3.63) is 69.2 Å². The molecule has 8 heteroatoms. The van der Waals surface area contributed by atoms with E-state index in [1.807, 2.05) is 42.5 Å². The number of hydrogen-bond acceptors (Lipinski definition) is 4.